The maximum atomic E-state index is 12.2. The van der Waals surface area contributed by atoms with Crippen molar-refractivity contribution < 1.29 is 19.0 Å². The van der Waals surface area contributed by atoms with Crippen LogP contribution in [0.15, 0.2) is 42.5 Å². The van der Waals surface area contributed by atoms with Crippen molar-refractivity contribution in [3.05, 3.63) is 53.1 Å². The van der Waals surface area contributed by atoms with Gasteiger partial charge >= 0.3 is 5.97 Å². The van der Waals surface area contributed by atoms with Gasteiger partial charge in [0.2, 0.25) is 6.10 Å². The molecular formula is C16H13ClO4. The first kappa shape index (κ1) is 13.8. The van der Waals surface area contributed by atoms with Gasteiger partial charge in [0, 0.05) is 0 Å². The second-order valence-corrected chi connectivity index (χ2v) is 5.13. The highest BCUT2D eigenvalue weighted by molar-refractivity contribution is 6.32. The average Bonchev–Trinajstić information content (AvgIpc) is 2.50. The third-order valence-corrected chi connectivity index (χ3v) is 3.38. The van der Waals surface area contributed by atoms with Crippen molar-refractivity contribution in [3.8, 4) is 17.2 Å². The van der Waals surface area contributed by atoms with Gasteiger partial charge in [0.1, 0.15) is 12.4 Å². The van der Waals surface area contributed by atoms with Crippen LogP contribution in [-0.2, 0) is 4.79 Å². The zero-order valence-electron chi connectivity index (χ0n) is 11.3. The van der Waals surface area contributed by atoms with E-state index in [2.05, 4.69) is 0 Å². The first-order valence-electron chi connectivity index (χ1n) is 6.50. The monoisotopic (exact) mass is 304 g/mol. The number of halogens is 1. The third kappa shape index (κ3) is 2.95. The Morgan fingerprint density at radius 2 is 2.00 bits per heavy atom. The van der Waals surface area contributed by atoms with E-state index in [-0.39, 0.29) is 6.61 Å². The first-order valence-corrected chi connectivity index (χ1v) is 6.87. The van der Waals surface area contributed by atoms with Gasteiger partial charge in [-0.25, -0.2) is 4.79 Å². The lowest BCUT2D eigenvalue weighted by atomic mass is 10.2. The number of ether oxygens (including phenoxy) is 3. The van der Waals surface area contributed by atoms with Crippen LogP contribution < -0.4 is 14.2 Å². The van der Waals surface area contributed by atoms with Crippen LogP contribution in [0.4, 0.5) is 0 Å². The topological polar surface area (TPSA) is 44.8 Å². The van der Waals surface area contributed by atoms with Crippen molar-refractivity contribution in [2.24, 2.45) is 0 Å². The van der Waals surface area contributed by atoms with Gasteiger partial charge in [-0.15, -0.1) is 0 Å². The molecule has 0 aromatic heterocycles. The van der Waals surface area contributed by atoms with Crippen LogP contribution in [0.25, 0.3) is 0 Å². The summed E-state index contributed by atoms with van der Waals surface area (Å²) in [6.45, 7) is 2.00. The molecule has 2 aromatic rings. The number of hydrogen-bond donors (Lipinski definition) is 0. The molecule has 5 heteroatoms. The number of esters is 1. The van der Waals surface area contributed by atoms with E-state index < -0.39 is 12.1 Å². The highest BCUT2D eigenvalue weighted by atomic mass is 35.5. The number of aryl methyl sites for hydroxylation is 1. The van der Waals surface area contributed by atoms with Crippen LogP contribution in [0.2, 0.25) is 5.02 Å². The van der Waals surface area contributed by atoms with Crippen molar-refractivity contribution in [1.82, 2.24) is 0 Å². The Morgan fingerprint density at radius 3 is 2.81 bits per heavy atom. The molecule has 4 nitrogen and oxygen atoms in total. The van der Waals surface area contributed by atoms with Gasteiger partial charge < -0.3 is 14.2 Å². The Kier molecular flexibility index (Phi) is 3.71. The summed E-state index contributed by atoms with van der Waals surface area (Å²) in [4.78, 5) is 12.2. The van der Waals surface area contributed by atoms with Crippen LogP contribution in [0.5, 0.6) is 17.2 Å². The smallest absolute Gasteiger partial charge is 0.356 e. The van der Waals surface area contributed by atoms with Crippen LogP contribution >= 0.6 is 11.6 Å². The van der Waals surface area contributed by atoms with Gasteiger partial charge in [0.25, 0.3) is 0 Å². The highest BCUT2D eigenvalue weighted by Gasteiger charge is 2.29. The van der Waals surface area contributed by atoms with E-state index in [0.29, 0.717) is 22.3 Å². The molecule has 0 N–H and O–H groups in total. The minimum atomic E-state index is -0.809. The fourth-order valence-corrected chi connectivity index (χ4v) is 2.15. The standard InChI is InChI=1S/C16H13ClO4/c1-10-6-7-11(17)14(8-10)21-16(18)15-9-19-12-4-2-3-5-13(12)20-15/h2-8,15H,9H2,1H3. The molecule has 3 rings (SSSR count). The SMILES string of the molecule is Cc1ccc(Cl)c(OC(=O)C2COc3ccccc3O2)c1. The van der Waals surface area contributed by atoms with E-state index in [1.165, 1.54) is 0 Å². The molecule has 108 valence electrons. The Bertz CT molecular complexity index is 684. The lowest BCUT2D eigenvalue weighted by Gasteiger charge is -2.25. The van der Waals surface area contributed by atoms with Gasteiger partial charge in [0.05, 0.1) is 5.02 Å². The quantitative estimate of drug-likeness (QED) is 0.630. The van der Waals surface area contributed by atoms with E-state index in [1.807, 2.05) is 25.1 Å². The lowest BCUT2D eigenvalue weighted by molar-refractivity contribution is -0.144. The van der Waals surface area contributed by atoms with Crippen molar-refractivity contribution in [3.63, 3.8) is 0 Å². The van der Waals surface area contributed by atoms with Gasteiger partial charge in [-0.05, 0) is 36.8 Å². The minimum absolute atomic E-state index is 0.110. The molecule has 1 atom stereocenters. The van der Waals surface area contributed by atoms with Crippen molar-refractivity contribution in [1.29, 1.82) is 0 Å². The first-order chi connectivity index (χ1) is 10.1. The van der Waals surface area contributed by atoms with Crippen LogP contribution in [0, 0.1) is 6.92 Å². The van der Waals surface area contributed by atoms with Crippen molar-refractivity contribution in [2.45, 2.75) is 13.0 Å². The molecule has 1 unspecified atom stereocenters. The van der Waals surface area contributed by atoms with E-state index >= 15 is 0 Å². The molecule has 0 saturated carbocycles. The molecule has 1 aliphatic rings. The summed E-state index contributed by atoms with van der Waals surface area (Å²) in [6, 6.07) is 12.4. The molecule has 0 spiro atoms. The second kappa shape index (κ2) is 5.66. The largest absolute Gasteiger partial charge is 0.485 e. The highest BCUT2D eigenvalue weighted by Crippen LogP contribution is 2.32. The number of benzene rings is 2. The number of carbonyl (C=O) groups excluding carboxylic acids is 1. The third-order valence-electron chi connectivity index (χ3n) is 3.07. The zero-order valence-corrected chi connectivity index (χ0v) is 12.1. The van der Waals surface area contributed by atoms with E-state index in [0.717, 1.165) is 5.56 Å². The van der Waals surface area contributed by atoms with Gasteiger partial charge in [0.15, 0.2) is 11.5 Å². The number of para-hydroxylation sites is 2. The molecule has 0 aliphatic carbocycles. The molecule has 2 aromatic carbocycles. The fourth-order valence-electron chi connectivity index (χ4n) is 2.00. The molecule has 1 heterocycles. The molecule has 0 radical (unpaired) electrons. The summed E-state index contributed by atoms with van der Waals surface area (Å²) in [7, 11) is 0. The Hall–Kier alpha value is -2.20. The molecule has 0 fully saturated rings. The summed E-state index contributed by atoms with van der Waals surface area (Å²) in [5.41, 5.74) is 0.952. The predicted octanol–water partition coefficient (Wildman–Crippen LogP) is 3.39. The average molecular weight is 305 g/mol. The fraction of sp³-hybridized carbons (Fsp3) is 0.188. The lowest BCUT2D eigenvalue weighted by Crippen LogP contribution is -2.39. The molecule has 0 bridgehead atoms. The molecule has 21 heavy (non-hydrogen) atoms. The van der Waals surface area contributed by atoms with Crippen LogP contribution in [-0.4, -0.2) is 18.7 Å². The number of hydrogen-bond acceptors (Lipinski definition) is 4. The summed E-state index contributed by atoms with van der Waals surface area (Å²) >= 11 is 6.01. The molecule has 0 amide bonds. The van der Waals surface area contributed by atoms with Crippen LogP contribution in [0.1, 0.15) is 5.56 Å². The number of carbonyl (C=O) groups is 1. The van der Waals surface area contributed by atoms with Crippen LogP contribution in [0.3, 0.4) is 0 Å². The molecular weight excluding hydrogens is 292 g/mol. The van der Waals surface area contributed by atoms with Crippen molar-refractivity contribution >= 4 is 17.6 Å². The minimum Gasteiger partial charge on any atom is -0.485 e. The summed E-state index contributed by atoms with van der Waals surface area (Å²) in [6.07, 6.45) is -0.809. The van der Waals surface area contributed by atoms with Crippen molar-refractivity contribution in [2.75, 3.05) is 6.61 Å². The normalized spacial score (nSPS) is 16.4. The Morgan fingerprint density at radius 1 is 1.24 bits per heavy atom. The number of fused-ring (bicyclic) bond motifs is 1. The summed E-state index contributed by atoms with van der Waals surface area (Å²) < 4.78 is 16.4. The van der Waals surface area contributed by atoms with Gasteiger partial charge in [-0.1, -0.05) is 29.8 Å². The van der Waals surface area contributed by atoms with E-state index in [9.17, 15) is 4.79 Å². The molecule has 0 saturated heterocycles. The molecule has 1 aliphatic heterocycles. The Balaban J connectivity index is 1.74. The van der Waals surface area contributed by atoms with Gasteiger partial charge in [-0.3, -0.25) is 0 Å². The zero-order chi connectivity index (χ0) is 14.8. The van der Waals surface area contributed by atoms with E-state index in [4.69, 9.17) is 25.8 Å². The second-order valence-electron chi connectivity index (χ2n) is 4.72. The van der Waals surface area contributed by atoms with Gasteiger partial charge in [-0.2, -0.15) is 0 Å². The summed E-state index contributed by atoms with van der Waals surface area (Å²) in [5.74, 6) is 0.942. The Labute approximate surface area is 127 Å². The maximum absolute atomic E-state index is 12.2. The number of rotatable bonds is 2. The summed E-state index contributed by atoms with van der Waals surface area (Å²) in [5, 5.41) is 0.381. The maximum Gasteiger partial charge on any atom is 0.356 e. The predicted molar refractivity (Wildman–Crippen MR) is 78.2 cm³/mol. The van der Waals surface area contributed by atoms with E-state index in [1.54, 1.807) is 24.3 Å².